The van der Waals surface area contributed by atoms with Crippen LogP contribution in [0.25, 0.3) is 0 Å². The summed E-state index contributed by atoms with van der Waals surface area (Å²) in [7, 11) is -1.77. The van der Waals surface area contributed by atoms with E-state index in [1.54, 1.807) is 0 Å². The summed E-state index contributed by atoms with van der Waals surface area (Å²) in [6.07, 6.45) is 13.4. The lowest BCUT2D eigenvalue weighted by atomic mass is 9.83. The molecule has 0 aromatic heterocycles. The standard InChI is InChI=1S/C24H40OSi/c1-9-12-13-14-15-16-17-18-22(25)24(19-10-2,26(6,7)8)21-20-23(4,5)11-3/h9,11,16,18,22,25H,1,3,12-15,20-21H2,2,4-8H3/t17?,22-,24+/m1/s1. The molecule has 0 rings (SSSR count). The summed E-state index contributed by atoms with van der Waals surface area (Å²) >= 11 is 0. The first-order chi connectivity index (χ1) is 12.1. The molecule has 0 saturated heterocycles. The second-order valence-corrected chi connectivity index (χ2v) is 14.2. The lowest BCUT2D eigenvalue weighted by Crippen LogP contribution is -2.46. The summed E-state index contributed by atoms with van der Waals surface area (Å²) < 4.78 is 0. The van der Waals surface area contributed by atoms with Crippen molar-refractivity contribution in [3.8, 4) is 11.8 Å². The van der Waals surface area contributed by atoms with Crippen molar-refractivity contribution >= 4 is 8.07 Å². The maximum atomic E-state index is 11.1. The molecule has 1 N–H and O–H groups in total. The molecule has 0 aromatic carbocycles. The molecule has 0 bridgehead atoms. The Bertz CT molecular complexity index is 561. The minimum Gasteiger partial charge on any atom is -0.387 e. The van der Waals surface area contributed by atoms with E-state index in [2.05, 4.69) is 64.2 Å². The first kappa shape index (κ1) is 24.7. The van der Waals surface area contributed by atoms with Crippen LogP contribution < -0.4 is 0 Å². The van der Waals surface area contributed by atoms with Gasteiger partial charge in [0, 0.05) is 0 Å². The van der Waals surface area contributed by atoms with Crippen LogP contribution in [-0.2, 0) is 0 Å². The van der Waals surface area contributed by atoms with E-state index in [9.17, 15) is 5.11 Å². The summed E-state index contributed by atoms with van der Waals surface area (Å²) in [5.74, 6) is 6.54. The normalized spacial score (nSPS) is 14.9. The fourth-order valence-corrected chi connectivity index (χ4v) is 5.40. The molecule has 1 nitrogen and oxygen atoms in total. The van der Waals surface area contributed by atoms with E-state index in [-0.39, 0.29) is 10.5 Å². The molecule has 2 atom stereocenters. The molecule has 0 fully saturated rings. The van der Waals surface area contributed by atoms with E-state index < -0.39 is 14.2 Å². The van der Waals surface area contributed by atoms with Crippen molar-refractivity contribution in [2.24, 2.45) is 5.41 Å². The number of hydrogen-bond donors (Lipinski definition) is 1. The van der Waals surface area contributed by atoms with Crippen LogP contribution >= 0.6 is 0 Å². The summed E-state index contributed by atoms with van der Waals surface area (Å²) in [6.45, 7) is 20.9. The van der Waals surface area contributed by atoms with Crippen LogP contribution in [-0.4, -0.2) is 19.3 Å². The monoisotopic (exact) mass is 372 g/mol. The van der Waals surface area contributed by atoms with Crippen LogP contribution in [0, 0.1) is 17.3 Å². The molecule has 0 aliphatic rings. The van der Waals surface area contributed by atoms with E-state index in [4.69, 9.17) is 0 Å². The number of allylic oxidation sites excluding steroid dienone is 2. The molecule has 0 unspecified atom stereocenters. The van der Waals surface area contributed by atoms with Crippen LogP contribution in [0.5, 0.6) is 0 Å². The highest BCUT2D eigenvalue weighted by Crippen LogP contribution is 2.48. The second kappa shape index (κ2) is 11.5. The van der Waals surface area contributed by atoms with Gasteiger partial charge in [-0.05, 0) is 63.0 Å². The average molecular weight is 373 g/mol. The summed E-state index contributed by atoms with van der Waals surface area (Å²) in [5.41, 5.74) is 3.26. The van der Waals surface area contributed by atoms with Crippen molar-refractivity contribution in [3.05, 3.63) is 43.2 Å². The Morgan fingerprint density at radius 3 is 2.19 bits per heavy atom. The molecular weight excluding hydrogens is 332 g/mol. The Labute approximate surface area is 164 Å². The highest BCUT2D eigenvalue weighted by atomic mass is 28.3. The van der Waals surface area contributed by atoms with Crippen molar-refractivity contribution in [1.82, 2.24) is 0 Å². The molecule has 0 spiro atoms. The second-order valence-electron chi connectivity index (χ2n) is 8.84. The zero-order chi connectivity index (χ0) is 20.3. The third kappa shape index (κ3) is 7.96. The number of aliphatic hydroxyl groups excluding tert-OH is 1. The fourth-order valence-electron chi connectivity index (χ4n) is 3.05. The van der Waals surface area contributed by atoms with Crippen LogP contribution in [0.4, 0.5) is 0 Å². The molecule has 0 radical (unpaired) electrons. The van der Waals surface area contributed by atoms with Crippen LogP contribution in [0.3, 0.4) is 0 Å². The largest absolute Gasteiger partial charge is 0.387 e. The zero-order valence-electron chi connectivity index (χ0n) is 18.0. The van der Waals surface area contributed by atoms with E-state index >= 15 is 0 Å². The Hall–Kier alpha value is -1.26. The predicted octanol–water partition coefficient (Wildman–Crippen LogP) is 6.90. The molecule has 2 heteroatoms. The quantitative estimate of drug-likeness (QED) is 0.130. The van der Waals surface area contributed by atoms with Gasteiger partial charge in [-0.15, -0.1) is 24.8 Å². The van der Waals surface area contributed by atoms with Crippen LogP contribution in [0.1, 0.15) is 59.3 Å². The first-order valence-electron chi connectivity index (χ1n) is 9.84. The number of hydrogen-bond acceptors (Lipinski definition) is 1. The number of rotatable bonds is 12. The third-order valence-electron chi connectivity index (χ3n) is 5.29. The maximum Gasteiger partial charge on any atom is 0.0933 e. The van der Waals surface area contributed by atoms with E-state index in [0.717, 1.165) is 38.5 Å². The predicted molar refractivity (Wildman–Crippen MR) is 120 cm³/mol. The highest BCUT2D eigenvalue weighted by molar-refractivity contribution is 6.80. The van der Waals surface area contributed by atoms with E-state index in [1.807, 2.05) is 31.2 Å². The van der Waals surface area contributed by atoms with Gasteiger partial charge in [-0.1, -0.05) is 51.6 Å². The van der Waals surface area contributed by atoms with Gasteiger partial charge in [-0.2, -0.15) is 0 Å². The van der Waals surface area contributed by atoms with Crippen LogP contribution in [0.2, 0.25) is 24.7 Å². The minimum absolute atomic E-state index is 0.0464. The van der Waals surface area contributed by atoms with Gasteiger partial charge in [0.05, 0.1) is 19.2 Å². The van der Waals surface area contributed by atoms with Gasteiger partial charge in [0.25, 0.3) is 0 Å². The summed E-state index contributed by atoms with van der Waals surface area (Å²) in [5, 5.41) is 10.7. The molecule has 0 heterocycles. The molecule has 0 aromatic rings. The lowest BCUT2D eigenvalue weighted by Gasteiger charge is -2.43. The molecule has 0 aliphatic carbocycles. The van der Waals surface area contributed by atoms with Crippen molar-refractivity contribution in [1.29, 1.82) is 0 Å². The smallest absolute Gasteiger partial charge is 0.0933 e. The van der Waals surface area contributed by atoms with Gasteiger partial charge < -0.3 is 5.11 Å². The SMILES string of the molecule is C=CCCCCC=C=C[C@@H](O)[C@](C#CC)(CCC(C)(C)C=C)[Si](C)(C)C. The molecular formula is C24H40OSi. The Morgan fingerprint density at radius 1 is 1.08 bits per heavy atom. The Balaban J connectivity index is 5.42. The molecule has 0 saturated carbocycles. The van der Waals surface area contributed by atoms with Gasteiger partial charge in [0.15, 0.2) is 0 Å². The number of unbranched alkanes of at least 4 members (excludes halogenated alkanes) is 3. The van der Waals surface area contributed by atoms with Crippen molar-refractivity contribution in [2.45, 2.75) is 90.1 Å². The molecule has 0 amide bonds. The van der Waals surface area contributed by atoms with E-state index in [1.165, 1.54) is 0 Å². The Kier molecular flexibility index (Phi) is 10.9. The molecule has 26 heavy (non-hydrogen) atoms. The van der Waals surface area contributed by atoms with Gasteiger partial charge >= 0.3 is 0 Å². The van der Waals surface area contributed by atoms with Crippen molar-refractivity contribution in [3.63, 3.8) is 0 Å². The minimum atomic E-state index is -1.77. The lowest BCUT2D eigenvalue weighted by molar-refractivity contribution is 0.172. The van der Waals surface area contributed by atoms with Gasteiger partial charge in [-0.3, -0.25) is 0 Å². The highest BCUT2D eigenvalue weighted by Gasteiger charge is 2.47. The fraction of sp³-hybridized carbons (Fsp3) is 0.625. The van der Waals surface area contributed by atoms with Gasteiger partial charge in [0.2, 0.25) is 0 Å². The molecule has 146 valence electrons. The third-order valence-corrected chi connectivity index (χ3v) is 8.63. The number of aliphatic hydroxyl groups is 1. The first-order valence-corrected chi connectivity index (χ1v) is 13.3. The van der Waals surface area contributed by atoms with E-state index in [0.29, 0.717) is 0 Å². The van der Waals surface area contributed by atoms with Crippen LogP contribution in [0.15, 0.2) is 43.2 Å². The van der Waals surface area contributed by atoms with Gasteiger partial charge in [-0.25, -0.2) is 0 Å². The molecule has 0 aliphatic heterocycles. The Morgan fingerprint density at radius 2 is 1.69 bits per heavy atom. The van der Waals surface area contributed by atoms with Gasteiger partial charge in [0.1, 0.15) is 0 Å². The zero-order valence-corrected chi connectivity index (χ0v) is 19.0. The average Bonchev–Trinajstić information content (AvgIpc) is 2.56. The van der Waals surface area contributed by atoms with Crippen molar-refractivity contribution in [2.75, 3.05) is 0 Å². The summed E-state index contributed by atoms with van der Waals surface area (Å²) in [6, 6.07) is 0. The topological polar surface area (TPSA) is 20.2 Å². The van der Waals surface area contributed by atoms with Crippen molar-refractivity contribution < 1.29 is 5.11 Å². The maximum absolute atomic E-state index is 11.1. The summed E-state index contributed by atoms with van der Waals surface area (Å²) in [4.78, 5) is 0.